The number of morpholine rings is 1. The summed E-state index contributed by atoms with van der Waals surface area (Å²) < 4.78 is 13.2. The van der Waals surface area contributed by atoms with Gasteiger partial charge in [-0.1, -0.05) is 36.4 Å². The van der Waals surface area contributed by atoms with Crippen molar-refractivity contribution in [2.45, 2.75) is 46.3 Å². The number of aryl methyl sites for hydroxylation is 1. The van der Waals surface area contributed by atoms with Crippen molar-refractivity contribution in [2.75, 3.05) is 31.1 Å². The average Bonchev–Trinajstić information content (AvgIpc) is 3.10. The highest BCUT2D eigenvalue weighted by Crippen LogP contribution is 2.14. The van der Waals surface area contributed by atoms with Gasteiger partial charge in [-0.05, 0) is 52.8 Å². The molecule has 1 saturated heterocycles. The van der Waals surface area contributed by atoms with Crippen LogP contribution < -0.4 is 20.8 Å². The molecule has 3 rings (SSSR count). The number of hydrogen-bond donors (Lipinski definition) is 1. The number of anilines is 1. The van der Waals surface area contributed by atoms with Gasteiger partial charge in [0.15, 0.2) is 5.82 Å². The lowest BCUT2D eigenvalue weighted by atomic mass is 10.2. The molecule has 0 aliphatic carbocycles. The molecule has 1 aliphatic rings. The first kappa shape index (κ1) is 23.6. The number of nitrogens with zero attached hydrogens (tertiary/aromatic N) is 3. The Balaban J connectivity index is 1.85. The summed E-state index contributed by atoms with van der Waals surface area (Å²) in [6, 6.07) is 8.31. The molecule has 2 aromatic rings. The third kappa shape index (κ3) is 5.79. The van der Waals surface area contributed by atoms with Crippen molar-refractivity contribution in [1.29, 1.82) is 0 Å². The minimum Gasteiger partial charge on any atom is -0.444 e. The van der Waals surface area contributed by atoms with Crippen LogP contribution in [0.2, 0.25) is 0 Å². The second-order valence-electron chi connectivity index (χ2n) is 8.88. The molecule has 0 bridgehead atoms. The van der Waals surface area contributed by atoms with E-state index in [4.69, 9.17) is 14.6 Å². The number of carbonyl (C=O) groups excluding carboxylic acids is 1. The maximum Gasteiger partial charge on any atom is 0.407 e. The number of nitrogens with one attached hydrogen (secondary N) is 1. The fourth-order valence-corrected chi connectivity index (χ4v) is 3.65. The SMILES string of the molecule is C=C/C=c1/c(N2CCOC(CNC(=O)OC(C)(C)C)C2)nn(-c2ccc(C)cc2)/c1=C/C. The molecule has 1 aromatic heterocycles. The minimum atomic E-state index is -0.533. The molecule has 2 heterocycles. The highest BCUT2D eigenvalue weighted by atomic mass is 16.6. The number of alkyl carbamates (subject to hydrolysis) is 1. The van der Waals surface area contributed by atoms with Gasteiger partial charge in [-0.25, -0.2) is 9.48 Å². The molecule has 172 valence electrons. The predicted molar refractivity (Wildman–Crippen MR) is 129 cm³/mol. The second-order valence-corrected chi connectivity index (χ2v) is 8.88. The van der Waals surface area contributed by atoms with E-state index in [1.807, 2.05) is 38.5 Å². The van der Waals surface area contributed by atoms with Gasteiger partial charge in [0, 0.05) is 24.9 Å². The summed E-state index contributed by atoms with van der Waals surface area (Å²) in [5, 5.41) is 9.81. The van der Waals surface area contributed by atoms with Gasteiger partial charge in [0.25, 0.3) is 0 Å². The molecular formula is C25H34N4O3. The van der Waals surface area contributed by atoms with Crippen LogP contribution in [0.5, 0.6) is 0 Å². The fourth-order valence-electron chi connectivity index (χ4n) is 3.65. The van der Waals surface area contributed by atoms with Crippen molar-refractivity contribution in [3.05, 3.63) is 53.1 Å². The molecule has 1 aliphatic heterocycles. The Kier molecular flexibility index (Phi) is 7.40. The Labute approximate surface area is 190 Å². The molecule has 1 atom stereocenters. The molecular weight excluding hydrogens is 404 g/mol. The van der Waals surface area contributed by atoms with E-state index in [0.717, 1.165) is 28.6 Å². The number of benzene rings is 1. The van der Waals surface area contributed by atoms with E-state index in [9.17, 15) is 4.79 Å². The van der Waals surface area contributed by atoms with Gasteiger partial charge in [0.05, 0.1) is 23.7 Å². The topological polar surface area (TPSA) is 68.6 Å². The van der Waals surface area contributed by atoms with Crippen LogP contribution in [0.1, 0.15) is 33.3 Å². The van der Waals surface area contributed by atoms with E-state index in [-0.39, 0.29) is 6.10 Å². The van der Waals surface area contributed by atoms with E-state index in [0.29, 0.717) is 19.7 Å². The zero-order valence-electron chi connectivity index (χ0n) is 19.7. The molecule has 1 aromatic carbocycles. The molecule has 0 spiro atoms. The maximum atomic E-state index is 12.0. The number of aromatic nitrogens is 2. The van der Waals surface area contributed by atoms with E-state index in [1.54, 1.807) is 6.08 Å². The van der Waals surface area contributed by atoms with Gasteiger partial charge in [0.2, 0.25) is 0 Å². The summed E-state index contributed by atoms with van der Waals surface area (Å²) in [5.41, 5.74) is 1.68. The number of allylic oxidation sites excluding steroid dienone is 1. The zero-order chi connectivity index (χ0) is 23.3. The number of carbonyl (C=O) groups is 1. The highest BCUT2D eigenvalue weighted by molar-refractivity contribution is 5.67. The molecule has 0 radical (unpaired) electrons. The van der Waals surface area contributed by atoms with Crippen molar-refractivity contribution in [2.24, 2.45) is 0 Å². The first-order valence-electron chi connectivity index (χ1n) is 11.0. The summed E-state index contributed by atoms with van der Waals surface area (Å²) in [6.45, 7) is 15.8. The second kappa shape index (κ2) is 10.0. The molecule has 1 N–H and O–H groups in total. The van der Waals surface area contributed by atoms with E-state index in [1.165, 1.54) is 5.56 Å². The van der Waals surface area contributed by atoms with Crippen molar-refractivity contribution in [3.63, 3.8) is 0 Å². The van der Waals surface area contributed by atoms with Crippen LogP contribution in [0.15, 0.2) is 36.9 Å². The minimum absolute atomic E-state index is 0.161. The lowest BCUT2D eigenvalue weighted by molar-refractivity contribution is 0.0281. The van der Waals surface area contributed by atoms with E-state index in [2.05, 4.69) is 54.1 Å². The Morgan fingerprint density at radius 3 is 2.69 bits per heavy atom. The van der Waals surface area contributed by atoms with Crippen molar-refractivity contribution in [3.8, 4) is 5.69 Å². The van der Waals surface area contributed by atoms with Gasteiger partial charge >= 0.3 is 6.09 Å². The van der Waals surface area contributed by atoms with Crippen LogP contribution in [0.25, 0.3) is 17.8 Å². The monoisotopic (exact) mass is 438 g/mol. The number of amides is 1. The first-order valence-corrected chi connectivity index (χ1v) is 11.0. The molecule has 7 nitrogen and oxygen atoms in total. The van der Waals surface area contributed by atoms with Crippen LogP contribution in [-0.2, 0) is 9.47 Å². The number of hydrogen-bond acceptors (Lipinski definition) is 5. The van der Waals surface area contributed by atoms with Crippen LogP contribution in [0.3, 0.4) is 0 Å². The summed E-state index contributed by atoms with van der Waals surface area (Å²) in [4.78, 5) is 14.2. The zero-order valence-corrected chi connectivity index (χ0v) is 19.7. The number of ether oxygens (including phenoxy) is 2. The van der Waals surface area contributed by atoms with E-state index >= 15 is 0 Å². The Bertz CT molecular complexity index is 1060. The van der Waals surface area contributed by atoms with Crippen molar-refractivity contribution < 1.29 is 14.3 Å². The molecule has 1 unspecified atom stereocenters. The summed E-state index contributed by atoms with van der Waals surface area (Å²) in [5.74, 6) is 0.879. The normalized spacial score (nSPS) is 18.0. The van der Waals surface area contributed by atoms with Crippen LogP contribution in [-0.4, -0.2) is 53.8 Å². The standard InChI is InChI=1S/C25H34N4O3/c1-7-9-21-22(8-2)29(19-12-10-18(3)11-13-19)27-23(21)28-14-15-31-20(17-28)16-26-24(30)32-25(4,5)6/h7-13,20H,1,14-17H2,2-6H3,(H,26,30)/b21-9+,22-8+. The molecule has 0 saturated carbocycles. The van der Waals surface area contributed by atoms with Crippen molar-refractivity contribution >= 4 is 24.1 Å². The van der Waals surface area contributed by atoms with Gasteiger partial charge < -0.3 is 19.7 Å². The maximum absolute atomic E-state index is 12.0. The average molecular weight is 439 g/mol. The predicted octanol–water partition coefficient (Wildman–Crippen LogP) is 2.68. The summed E-state index contributed by atoms with van der Waals surface area (Å²) >= 11 is 0. The Morgan fingerprint density at radius 1 is 1.34 bits per heavy atom. The van der Waals surface area contributed by atoms with Crippen LogP contribution in [0, 0.1) is 6.92 Å². The molecule has 1 amide bonds. The smallest absolute Gasteiger partial charge is 0.407 e. The summed E-state index contributed by atoms with van der Waals surface area (Å²) in [6.07, 6.45) is 5.24. The van der Waals surface area contributed by atoms with E-state index < -0.39 is 11.7 Å². The van der Waals surface area contributed by atoms with Crippen LogP contribution >= 0.6 is 0 Å². The molecule has 32 heavy (non-hydrogen) atoms. The summed E-state index contributed by atoms with van der Waals surface area (Å²) in [7, 11) is 0. The third-order valence-electron chi connectivity index (χ3n) is 5.09. The lowest BCUT2D eigenvalue weighted by Crippen LogP contribution is -2.49. The van der Waals surface area contributed by atoms with Gasteiger partial charge in [-0.3, -0.25) is 0 Å². The number of rotatable bonds is 5. The Hall–Kier alpha value is -3.06. The Morgan fingerprint density at radius 2 is 2.06 bits per heavy atom. The largest absolute Gasteiger partial charge is 0.444 e. The molecule has 1 fully saturated rings. The first-order chi connectivity index (χ1) is 15.2. The fraction of sp³-hybridized carbons (Fsp3) is 0.440. The molecule has 7 heteroatoms. The van der Waals surface area contributed by atoms with Gasteiger partial charge in [-0.2, -0.15) is 0 Å². The van der Waals surface area contributed by atoms with Gasteiger partial charge in [-0.15, -0.1) is 5.10 Å². The highest BCUT2D eigenvalue weighted by Gasteiger charge is 2.25. The van der Waals surface area contributed by atoms with Crippen molar-refractivity contribution in [1.82, 2.24) is 15.1 Å². The lowest BCUT2D eigenvalue weighted by Gasteiger charge is -2.33. The van der Waals surface area contributed by atoms with Crippen LogP contribution in [0.4, 0.5) is 10.6 Å². The third-order valence-corrected chi connectivity index (χ3v) is 5.09. The quantitative estimate of drug-likeness (QED) is 0.777. The van der Waals surface area contributed by atoms with Gasteiger partial charge in [0.1, 0.15) is 5.60 Å².